The van der Waals surface area contributed by atoms with Crippen LogP contribution in [-0.4, -0.2) is 16.9 Å². The van der Waals surface area contributed by atoms with E-state index in [-0.39, 0.29) is 17.1 Å². The van der Waals surface area contributed by atoms with E-state index in [2.05, 4.69) is 10.3 Å². The van der Waals surface area contributed by atoms with Crippen LogP contribution in [0.25, 0.3) is 0 Å². The molecule has 3 nitrogen and oxygen atoms in total. The van der Waals surface area contributed by atoms with Crippen LogP contribution in [0.15, 0.2) is 12.3 Å². The van der Waals surface area contributed by atoms with Gasteiger partial charge in [-0.1, -0.05) is 11.6 Å². The van der Waals surface area contributed by atoms with Gasteiger partial charge in [-0.15, -0.1) is 0 Å². The summed E-state index contributed by atoms with van der Waals surface area (Å²) in [5.74, 6) is -0.171. The molecule has 1 aromatic rings. The van der Waals surface area contributed by atoms with Crippen LogP contribution < -0.4 is 5.32 Å². The zero-order chi connectivity index (χ0) is 10.7. The minimum atomic E-state index is -0.171. The van der Waals surface area contributed by atoms with Gasteiger partial charge in [-0.05, 0) is 32.4 Å². The predicted molar refractivity (Wildman–Crippen MR) is 56.6 cm³/mol. The minimum Gasteiger partial charge on any atom is -0.350 e. The Balaban J connectivity index is 3.00. The lowest BCUT2D eigenvalue weighted by Gasteiger charge is -2.10. The van der Waals surface area contributed by atoms with Crippen molar-refractivity contribution in [3.8, 4) is 0 Å². The van der Waals surface area contributed by atoms with E-state index >= 15 is 0 Å². The molecule has 1 amide bonds. The first kappa shape index (κ1) is 11.0. The highest BCUT2D eigenvalue weighted by Crippen LogP contribution is 2.16. The third-order valence-electron chi connectivity index (χ3n) is 1.76. The van der Waals surface area contributed by atoms with Crippen molar-refractivity contribution in [3.05, 3.63) is 28.5 Å². The molecule has 1 rings (SSSR count). The third-order valence-corrected chi connectivity index (χ3v) is 2.05. The molecule has 4 heteroatoms. The Bertz CT molecular complexity index is 330. The van der Waals surface area contributed by atoms with Gasteiger partial charge in [0.25, 0.3) is 5.91 Å². The molecule has 0 aliphatic carbocycles. The maximum Gasteiger partial charge on any atom is 0.254 e. The molecular weight excluding hydrogens is 200 g/mol. The molecule has 0 bridgehead atoms. The number of carbonyl (C=O) groups is 1. The van der Waals surface area contributed by atoms with E-state index in [0.717, 1.165) is 5.56 Å². The first-order valence-corrected chi connectivity index (χ1v) is 4.82. The highest BCUT2D eigenvalue weighted by Gasteiger charge is 2.14. The van der Waals surface area contributed by atoms with E-state index in [9.17, 15) is 4.79 Å². The van der Waals surface area contributed by atoms with Crippen molar-refractivity contribution < 1.29 is 4.79 Å². The Morgan fingerprint density at radius 1 is 1.57 bits per heavy atom. The number of nitrogens with one attached hydrogen (secondary N) is 1. The van der Waals surface area contributed by atoms with Gasteiger partial charge in [0.05, 0.1) is 5.56 Å². The van der Waals surface area contributed by atoms with Gasteiger partial charge in [-0.2, -0.15) is 0 Å². The summed E-state index contributed by atoms with van der Waals surface area (Å²) in [7, 11) is 0. The molecule has 0 unspecified atom stereocenters. The lowest BCUT2D eigenvalue weighted by molar-refractivity contribution is 0.0942. The summed E-state index contributed by atoms with van der Waals surface area (Å²) >= 11 is 5.84. The van der Waals surface area contributed by atoms with Crippen LogP contribution in [0.4, 0.5) is 0 Å². The Morgan fingerprint density at radius 3 is 2.71 bits per heavy atom. The van der Waals surface area contributed by atoms with E-state index in [1.54, 1.807) is 12.3 Å². The number of carbonyl (C=O) groups excluding carboxylic acids is 1. The largest absolute Gasteiger partial charge is 0.350 e. The second-order valence-electron chi connectivity index (χ2n) is 3.42. The van der Waals surface area contributed by atoms with Crippen molar-refractivity contribution >= 4 is 17.5 Å². The molecule has 0 aliphatic rings. The van der Waals surface area contributed by atoms with Crippen molar-refractivity contribution in [3.63, 3.8) is 0 Å². The fraction of sp³-hybridized carbons (Fsp3) is 0.400. The molecule has 0 aromatic carbocycles. The van der Waals surface area contributed by atoms with Gasteiger partial charge >= 0.3 is 0 Å². The third kappa shape index (κ3) is 2.45. The first-order chi connectivity index (χ1) is 6.52. The Hall–Kier alpha value is -1.09. The van der Waals surface area contributed by atoms with Gasteiger partial charge in [0.15, 0.2) is 0 Å². The topological polar surface area (TPSA) is 42.0 Å². The lowest BCUT2D eigenvalue weighted by Crippen LogP contribution is -2.31. The van der Waals surface area contributed by atoms with E-state index in [0.29, 0.717) is 5.56 Å². The number of aryl methyl sites for hydroxylation is 1. The molecule has 76 valence electrons. The molecule has 0 atom stereocenters. The van der Waals surface area contributed by atoms with Crippen LogP contribution in [0.5, 0.6) is 0 Å². The number of pyridine rings is 1. The van der Waals surface area contributed by atoms with Crippen molar-refractivity contribution in [2.75, 3.05) is 0 Å². The van der Waals surface area contributed by atoms with E-state index in [1.807, 2.05) is 20.8 Å². The van der Waals surface area contributed by atoms with Crippen molar-refractivity contribution in [2.24, 2.45) is 0 Å². The fourth-order valence-electron chi connectivity index (χ4n) is 1.13. The van der Waals surface area contributed by atoms with Gasteiger partial charge < -0.3 is 5.32 Å². The number of rotatable bonds is 2. The second kappa shape index (κ2) is 4.42. The average Bonchev–Trinajstić information content (AvgIpc) is 2.01. The number of aromatic nitrogens is 1. The molecule has 1 heterocycles. The molecule has 0 saturated carbocycles. The summed E-state index contributed by atoms with van der Waals surface area (Å²) in [6, 6.07) is 1.86. The molecule has 14 heavy (non-hydrogen) atoms. The highest BCUT2D eigenvalue weighted by molar-refractivity contribution is 6.32. The highest BCUT2D eigenvalue weighted by atomic mass is 35.5. The fourth-order valence-corrected chi connectivity index (χ4v) is 1.42. The minimum absolute atomic E-state index is 0.0955. The van der Waals surface area contributed by atoms with Crippen LogP contribution in [-0.2, 0) is 0 Å². The van der Waals surface area contributed by atoms with Gasteiger partial charge in [-0.3, -0.25) is 4.79 Å². The number of nitrogens with zero attached hydrogens (tertiary/aromatic N) is 1. The number of halogens is 1. The molecule has 0 radical (unpaired) electrons. The van der Waals surface area contributed by atoms with Crippen LogP contribution >= 0.6 is 11.6 Å². The first-order valence-electron chi connectivity index (χ1n) is 4.44. The number of hydrogen-bond acceptors (Lipinski definition) is 2. The smallest absolute Gasteiger partial charge is 0.254 e. The summed E-state index contributed by atoms with van der Waals surface area (Å²) in [4.78, 5) is 15.5. The van der Waals surface area contributed by atoms with Gasteiger partial charge in [-0.25, -0.2) is 4.98 Å². The van der Waals surface area contributed by atoms with Crippen molar-refractivity contribution in [1.29, 1.82) is 0 Å². The summed E-state index contributed by atoms with van der Waals surface area (Å²) in [5, 5.41) is 3.03. The van der Waals surface area contributed by atoms with Crippen LogP contribution in [0, 0.1) is 6.92 Å². The Labute approximate surface area is 88.5 Å². The van der Waals surface area contributed by atoms with Crippen LogP contribution in [0.1, 0.15) is 29.8 Å². The number of amides is 1. The molecule has 1 aromatic heterocycles. The van der Waals surface area contributed by atoms with Gasteiger partial charge in [0.2, 0.25) is 0 Å². The molecule has 0 spiro atoms. The Morgan fingerprint density at radius 2 is 2.21 bits per heavy atom. The van der Waals surface area contributed by atoms with Gasteiger partial charge in [0.1, 0.15) is 5.15 Å². The van der Waals surface area contributed by atoms with Gasteiger partial charge in [0, 0.05) is 12.2 Å². The van der Waals surface area contributed by atoms with E-state index in [4.69, 9.17) is 11.6 Å². The van der Waals surface area contributed by atoms with E-state index in [1.165, 1.54) is 0 Å². The van der Waals surface area contributed by atoms with Crippen LogP contribution in [0.2, 0.25) is 5.15 Å². The lowest BCUT2D eigenvalue weighted by atomic mass is 10.1. The second-order valence-corrected chi connectivity index (χ2v) is 3.78. The average molecular weight is 213 g/mol. The Kier molecular flexibility index (Phi) is 3.47. The van der Waals surface area contributed by atoms with Crippen LogP contribution in [0.3, 0.4) is 0 Å². The monoisotopic (exact) mass is 212 g/mol. The normalized spacial score (nSPS) is 10.4. The zero-order valence-corrected chi connectivity index (χ0v) is 9.22. The molecule has 0 fully saturated rings. The standard InChI is InChI=1S/C10H13ClN2O/c1-6(2)13-10(14)8-7(3)4-5-12-9(8)11/h4-6H,1-3H3,(H,13,14). The molecule has 1 N–H and O–H groups in total. The SMILES string of the molecule is Cc1ccnc(Cl)c1C(=O)NC(C)C. The number of hydrogen-bond donors (Lipinski definition) is 1. The van der Waals surface area contributed by atoms with Crippen molar-refractivity contribution in [2.45, 2.75) is 26.8 Å². The maximum atomic E-state index is 11.7. The molecule has 0 aliphatic heterocycles. The van der Waals surface area contributed by atoms with E-state index < -0.39 is 0 Å². The van der Waals surface area contributed by atoms with Crippen molar-refractivity contribution in [1.82, 2.24) is 10.3 Å². The predicted octanol–water partition coefficient (Wildman–Crippen LogP) is 2.18. The summed E-state index contributed by atoms with van der Waals surface area (Å²) in [5.41, 5.74) is 1.30. The summed E-state index contributed by atoms with van der Waals surface area (Å²) in [6.45, 7) is 5.64. The quantitative estimate of drug-likeness (QED) is 0.764. The summed E-state index contributed by atoms with van der Waals surface area (Å²) in [6.07, 6.45) is 1.59. The summed E-state index contributed by atoms with van der Waals surface area (Å²) < 4.78 is 0. The maximum absolute atomic E-state index is 11.7. The molecular formula is C10H13ClN2O. The zero-order valence-electron chi connectivity index (χ0n) is 8.47. The molecule has 0 saturated heterocycles.